The molecule has 0 heterocycles. The van der Waals surface area contributed by atoms with E-state index in [9.17, 15) is 9.90 Å². The summed E-state index contributed by atoms with van der Waals surface area (Å²) in [5.74, 6) is -0.308. The largest absolute Gasteiger partial charge is 0.481 e. The molecule has 2 fully saturated rings. The Hall–Kier alpha value is -1.73. The summed E-state index contributed by atoms with van der Waals surface area (Å²) in [5.41, 5.74) is 1.22. The Balaban J connectivity index is 1.82. The zero-order valence-electron chi connectivity index (χ0n) is 10.8. The lowest BCUT2D eigenvalue weighted by atomic mass is 9.84. The summed E-state index contributed by atoms with van der Waals surface area (Å²) in [6.07, 6.45) is 3.11. The Labute approximate surface area is 122 Å². The summed E-state index contributed by atoms with van der Waals surface area (Å²) in [4.78, 5) is 11.5. The molecule has 1 aromatic carbocycles. The van der Waals surface area contributed by atoms with Gasteiger partial charge in [0.25, 0.3) is 0 Å². The van der Waals surface area contributed by atoms with Crippen molar-refractivity contribution < 1.29 is 9.90 Å². The van der Waals surface area contributed by atoms with E-state index in [2.05, 4.69) is 5.32 Å². The minimum absolute atomic E-state index is 0.0322. The first-order valence-electron chi connectivity index (χ1n) is 6.79. The van der Waals surface area contributed by atoms with E-state index in [1.54, 1.807) is 18.2 Å². The van der Waals surface area contributed by atoms with Crippen LogP contribution >= 0.6 is 11.6 Å². The van der Waals surface area contributed by atoms with Crippen LogP contribution < -0.4 is 5.32 Å². The van der Waals surface area contributed by atoms with Gasteiger partial charge in [-0.3, -0.25) is 4.79 Å². The predicted molar refractivity (Wildman–Crippen MR) is 75.5 cm³/mol. The fraction of sp³-hybridized carbons (Fsp3) is 0.467. The van der Waals surface area contributed by atoms with Crippen molar-refractivity contribution >= 4 is 23.3 Å². The molecule has 2 bridgehead atoms. The van der Waals surface area contributed by atoms with E-state index in [1.165, 1.54) is 0 Å². The third-order valence-corrected chi connectivity index (χ3v) is 4.94. The maximum absolute atomic E-state index is 11.5. The Morgan fingerprint density at radius 2 is 2.15 bits per heavy atom. The van der Waals surface area contributed by atoms with E-state index in [1.807, 2.05) is 6.07 Å². The Morgan fingerprint density at radius 1 is 1.40 bits per heavy atom. The molecule has 0 aromatic heterocycles. The normalized spacial score (nSPS) is 31.0. The SMILES string of the molecule is N#Cc1ccc(NC2C3CCC(C3)C2C(=O)O)cc1Cl. The van der Waals surface area contributed by atoms with Crippen LogP contribution in [0, 0.1) is 29.1 Å². The van der Waals surface area contributed by atoms with Gasteiger partial charge in [-0.25, -0.2) is 0 Å². The minimum Gasteiger partial charge on any atom is -0.481 e. The number of carbonyl (C=O) groups is 1. The van der Waals surface area contributed by atoms with E-state index in [0.29, 0.717) is 22.4 Å². The molecular weight excluding hydrogens is 276 g/mol. The maximum atomic E-state index is 11.5. The maximum Gasteiger partial charge on any atom is 0.308 e. The Bertz CT molecular complexity index is 596. The smallest absolute Gasteiger partial charge is 0.308 e. The van der Waals surface area contributed by atoms with Crippen LogP contribution in [-0.4, -0.2) is 17.1 Å². The van der Waals surface area contributed by atoms with Crippen LogP contribution in [0.2, 0.25) is 5.02 Å². The fourth-order valence-electron chi connectivity index (χ4n) is 3.74. The standard InChI is InChI=1S/C15H15ClN2O2/c16-12-6-11(4-3-10(12)7-17)18-14-9-2-1-8(5-9)13(14)15(19)20/h3-4,6,8-9,13-14,18H,1-2,5H2,(H,19,20). The molecule has 1 aromatic rings. The molecule has 0 radical (unpaired) electrons. The van der Waals surface area contributed by atoms with Crippen LogP contribution in [0.1, 0.15) is 24.8 Å². The van der Waals surface area contributed by atoms with E-state index in [4.69, 9.17) is 16.9 Å². The molecule has 4 atom stereocenters. The second-order valence-electron chi connectivity index (χ2n) is 5.67. The number of nitriles is 1. The van der Waals surface area contributed by atoms with Crippen molar-refractivity contribution in [2.45, 2.75) is 25.3 Å². The Kier molecular flexibility index (Phi) is 3.31. The van der Waals surface area contributed by atoms with Gasteiger partial charge >= 0.3 is 5.97 Å². The van der Waals surface area contributed by atoms with Crippen molar-refractivity contribution in [1.82, 2.24) is 0 Å². The first kappa shape index (κ1) is 13.3. The highest BCUT2D eigenvalue weighted by Gasteiger charge is 2.51. The summed E-state index contributed by atoms with van der Waals surface area (Å²) in [6, 6.07) is 7.13. The summed E-state index contributed by atoms with van der Waals surface area (Å²) >= 11 is 6.01. The highest BCUT2D eigenvalue weighted by Crippen LogP contribution is 2.49. The average molecular weight is 291 g/mol. The second-order valence-corrected chi connectivity index (χ2v) is 6.08. The highest BCUT2D eigenvalue weighted by molar-refractivity contribution is 6.32. The third kappa shape index (κ3) is 2.12. The number of rotatable bonds is 3. The molecule has 2 aliphatic carbocycles. The van der Waals surface area contributed by atoms with E-state index in [-0.39, 0.29) is 12.0 Å². The average Bonchev–Trinajstić information content (AvgIpc) is 2.99. The monoisotopic (exact) mass is 290 g/mol. The zero-order chi connectivity index (χ0) is 14.3. The van der Waals surface area contributed by atoms with Gasteiger partial charge in [-0.15, -0.1) is 0 Å². The van der Waals surface area contributed by atoms with Crippen molar-refractivity contribution in [2.24, 2.45) is 17.8 Å². The Morgan fingerprint density at radius 3 is 2.80 bits per heavy atom. The molecule has 4 unspecified atom stereocenters. The molecule has 0 amide bonds. The number of carboxylic acids is 1. The third-order valence-electron chi connectivity index (χ3n) is 4.62. The number of fused-ring (bicyclic) bond motifs is 2. The molecule has 20 heavy (non-hydrogen) atoms. The molecule has 2 aliphatic rings. The molecule has 2 saturated carbocycles. The van der Waals surface area contributed by atoms with Gasteiger partial charge in [-0.1, -0.05) is 11.6 Å². The van der Waals surface area contributed by atoms with Gasteiger partial charge < -0.3 is 10.4 Å². The van der Waals surface area contributed by atoms with Crippen LogP contribution in [0.5, 0.6) is 0 Å². The first-order valence-corrected chi connectivity index (χ1v) is 7.17. The van der Waals surface area contributed by atoms with Crippen LogP contribution in [0.3, 0.4) is 0 Å². The van der Waals surface area contributed by atoms with Gasteiger partial charge in [0, 0.05) is 11.7 Å². The number of carboxylic acid groups (broad SMARTS) is 1. The molecule has 0 saturated heterocycles. The number of nitrogens with zero attached hydrogens (tertiary/aromatic N) is 1. The lowest BCUT2D eigenvalue weighted by molar-refractivity contribution is -0.143. The molecular formula is C15H15ClN2O2. The number of anilines is 1. The van der Waals surface area contributed by atoms with Crippen LogP contribution in [-0.2, 0) is 4.79 Å². The van der Waals surface area contributed by atoms with Gasteiger partial charge in [0.15, 0.2) is 0 Å². The number of benzene rings is 1. The fourth-order valence-corrected chi connectivity index (χ4v) is 3.97. The number of hydrogen-bond acceptors (Lipinski definition) is 3. The number of aliphatic carboxylic acids is 1. The van der Waals surface area contributed by atoms with Crippen molar-refractivity contribution in [1.29, 1.82) is 5.26 Å². The van der Waals surface area contributed by atoms with Gasteiger partial charge in [0.2, 0.25) is 0 Å². The lowest BCUT2D eigenvalue weighted by Crippen LogP contribution is -2.39. The summed E-state index contributed by atoms with van der Waals surface area (Å²) in [5, 5.41) is 22.0. The molecule has 104 valence electrons. The van der Waals surface area contributed by atoms with Gasteiger partial charge in [0.1, 0.15) is 6.07 Å². The predicted octanol–water partition coefficient (Wildman–Crippen LogP) is 3.12. The number of hydrogen-bond donors (Lipinski definition) is 2. The van der Waals surface area contributed by atoms with E-state index >= 15 is 0 Å². The van der Waals surface area contributed by atoms with Crippen LogP contribution in [0.4, 0.5) is 5.69 Å². The quantitative estimate of drug-likeness (QED) is 0.897. The van der Waals surface area contributed by atoms with Crippen molar-refractivity contribution in [2.75, 3.05) is 5.32 Å². The van der Waals surface area contributed by atoms with E-state index < -0.39 is 5.97 Å². The number of halogens is 1. The molecule has 2 N–H and O–H groups in total. The first-order chi connectivity index (χ1) is 9.60. The summed E-state index contributed by atoms with van der Waals surface area (Å²) < 4.78 is 0. The molecule has 0 aliphatic heterocycles. The van der Waals surface area contributed by atoms with Crippen molar-refractivity contribution in [3.63, 3.8) is 0 Å². The summed E-state index contributed by atoms with van der Waals surface area (Å²) in [7, 11) is 0. The second kappa shape index (κ2) is 4.99. The number of nitrogens with one attached hydrogen (secondary N) is 1. The van der Waals surface area contributed by atoms with Gasteiger partial charge in [0.05, 0.1) is 16.5 Å². The molecule has 5 heteroatoms. The highest BCUT2D eigenvalue weighted by atomic mass is 35.5. The van der Waals surface area contributed by atoms with Crippen LogP contribution in [0.15, 0.2) is 18.2 Å². The summed E-state index contributed by atoms with van der Waals surface area (Å²) in [6.45, 7) is 0. The topological polar surface area (TPSA) is 73.1 Å². The van der Waals surface area contributed by atoms with Crippen molar-refractivity contribution in [3.8, 4) is 6.07 Å². The molecule has 0 spiro atoms. The molecule has 4 nitrogen and oxygen atoms in total. The zero-order valence-corrected chi connectivity index (χ0v) is 11.6. The molecule has 3 rings (SSSR count). The van der Waals surface area contributed by atoms with Crippen molar-refractivity contribution in [3.05, 3.63) is 28.8 Å². The lowest BCUT2D eigenvalue weighted by Gasteiger charge is -2.29. The van der Waals surface area contributed by atoms with Gasteiger partial charge in [-0.05, 0) is 49.3 Å². The van der Waals surface area contributed by atoms with Crippen LogP contribution in [0.25, 0.3) is 0 Å². The van der Waals surface area contributed by atoms with E-state index in [0.717, 1.165) is 24.9 Å². The van der Waals surface area contributed by atoms with Gasteiger partial charge in [-0.2, -0.15) is 5.26 Å². The minimum atomic E-state index is -0.713.